The van der Waals surface area contributed by atoms with Gasteiger partial charge < -0.3 is 5.11 Å². The maximum absolute atomic E-state index is 11.7. The summed E-state index contributed by atoms with van der Waals surface area (Å²) in [4.78, 5) is 10.2. The van der Waals surface area contributed by atoms with Gasteiger partial charge in [0.15, 0.2) is 0 Å². The predicted octanol–water partition coefficient (Wildman–Crippen LogP) is 13.5. The topological polar surface area (TPSA) is 50.9 Å². The zero-order valence-electron chi connectivity index (χ0n) is 38.5. The maximum Gasteiger partial charge on any atom is 0.148 e. The van der Waals surface area contributed by atoms with Gasteiger partial charge in [-0.2, -0.15) is 0 Å². The molecule has 0 saturated carbocycles. The number of para-hydroxylation sites is 1. The van der Waals surface area contributed by atoms with E-state index in [1.807, 2.05) is 44.2 Å². The summed E-state index contributed by atoms with van der Waals surface area (Å²) >= 11 is 0. The van der Waals surface area contributed by atoms with Gasteiger partial charge in [0.1, 0.15) is 11.6 Å². The van der Waals surface area contributed by atoms with Gasteiger partial charge in [0.05, 0.1) is 23.5 Å². The van der Waals surface area contributed by atoms with Crippen LogP contribution in [0.1, 0.15) is 70.7 Å². The summed E-state index contributed by atoms with van der Waals surface area (Å²) in [7, 11) is 0. The molecule has 0 amide bonds. The Morgan fingerprint density at radius 1 is 0.649 bits per heavy atom. The van der Waals surface area contributed by atoms with Crippen LogP contribution in [0.15, 0.2) is 140 Å². The summed E-state index contributed by atoms with van der Waals surface area (Å²) in [6, 6.07) is 36.7. The molecule has 0 aliphatic carbocycles. The zero-order valence-corrected chi connectivity index (χ0v) is 35.8. The van der Waals surface area contributed by atoms with Crippen molar-refractivity contribution in [2.75, 3.05) is 0 Å². The smallest absolute Gasteiger partial charge is 0.148 e. The molecule has 6 aromatic carbocycles. The van der Waals surface area contributed by atoms with E-state index < -0.39 is 6.04 Å². The molecule has 0 fully saturated rings. The Hall–Kier alpha value is -5.57. The minimum Gasteiger partial charge on any atom is -0.507 e. The average Bonchev–Trinajstić information content (AvgIpc) is 3.63. The molecule has 5 heteroatoms. The summed E-state index contributed by atoms with van der Waals surface area (Å²) in [6.07, 6.45) is 1.60. The summed E-state index contributed by atoms with van der Waals surface area (Å²) in [5.74, 6) is 0.782. The number of hydrogen-bond donors (Lipinski definition) is 1. The number of fused-ring (bicyclic) bond motifs is 1. The molecule has 2 heterocycles. The number of benzene rings is 6. The zero-order chi connectivity index (χ0) is 43.7. The summed E-state index contributed by atoms with van der Waals surface area (Å²) in [6.45, 7) is 17.0. The fourth-order valence-electron chi connectivity index (χ4n) is 7.27. The third kappa shape index (κ3) is 7.89. The number of hydrogen-bond acceptors (Lipinski definition) is 3. The van der Waals surface area contributed by atoms with Crippen LogP contribution >= 0.6 is 0 Å². The molecule has 4 nitrogen and oxygen atoms in total. The third-order valence-corrected chi connectivity index (χ3v) is 10.4. The van der Waals surface area contributed by atoms with Gasteiger partial charge in [0.2, 0.25) is 0 Å². The van der Waals surface area contributed by atoms with Crippen molar-refractivity contribution in [1.82, 2.24) is 14.5 Å². The Kier molecular flexibility index (Phi) is 9.07. The van der Waals surface area contributed by atoms with Crippen LogP contribution in [0.4, 0.5) is 0 Å². The SMILES string of the molecule is [2H]c1c([2H])c([2H])c(-c2ccnc(-c3[c-]c(-c4cccc5c4nc(-c4cc(C)cc(C)c4O)n5-c4cc(-c5ccccc5)cc(C(C)(C)C)c4)cc(C(C)(C)C)c3)c2)c([2H])c1[2H].[Pt]. The molecule has 57 heavy (non-hydrogen) atoms. The van der Waals surface area contributed by atoms with Crippen molar-refractivity contribution >= 4 is 11.0 Å². The number of pyridine rings is 1. The molecule has 8 aromatic rings. The van der Waals surface area contributed by atoms with Crippen molar-refractivity contribution in [1.29, 1.82) is 0 Å². The standard InChI is InChI=1S/C52H48N3O.Pt/c1-33-24-34(2)49(56)45(25-33)50-54-48-44(20-15-21-47(48)55(50)43-30-38(36-18-13-10-14-19-36)27-42(32-43)52(6,7)8)39-26-40(29-41(28-39)51(3,4)5)46-31-37(22-23-53-46)35-16-11-9-12-17-35;/h9-25,27-32,56H,1-8H3;/q-1;/i9D,11D,12D,16D,17D;. The fraction of sp³-hybridized carbons (Fsp3) is 0.192. The number of phenolic OH excluding ortho intramolecular Hbond substituents is 1. The molecule has 2 aromatic heterocycles. The molecule has 0 aliphatic rings. The fourth-order valence-corrected chi connectivity index (χ4v) is 7.27. The molecule has 8 rings (SSSR count). The molecule has 0 unspecified atom stereocenters. The first-order valence-electron chi connectivity index (χ1n) is 21.5. The first kappa shape index (κ1) is 33.6. The number of nitrogens with zero attached hydrogens (tertiary/aromatic N) is 3. The van der Waals surface area contributed by atoms with Crippen molar-refractivity contribution in [2.45, 2.75) is 66.2 Å². The summed E-state index contributed by atoms with van der Waals surface area (Å²) in [5.41, 5.74) is 12.2. The molecule has 288 valence electrons. The van der Waals surface area contributed by atoms with Crippen LogP contribution in [-0.4, -0.2) is 19.6 Å². The normalized spacial score (nSPS) is 13.0. The van der Waals surface area contributed by atoms with E-state index in [2.05, 4.69) is 113 Å². The number of phenols is 1. The molecule has 0 spiro atoms. The van der Waals surface area contributed by atoms with E-state index in [4.69, 9.17) is 16.8 Å². The van der Waals surface area contributed by atoms with Gasteiger partial charge >= 0.3 is 0 Å². The second-order valence-corrected chi connectivity index (χ2v) is 16.7. The first-order chi connectivity index (χ1) is 28.8. The second kappa shape index (κ2) is 15.4. The van der Waals surface area contributed by atoms with Gasteiger partial charge in [-0.05, 0) is 94.0 Å². The second-order valence-electron chi connectivity index (χ2n) is 16.7. The predicted molar refractivity (Wildman–Crippen MR) is 233 cm³/mol. The van der Waals surface area contributed by atoms with Crippen LogP contribution in [0, 0.1) is 19.9 Å². The van der Waals surface area contributed by atoms with Gasteiger partial charge in [0.25, 0.3) is 0 Å². The van der Waals surface area contributed by atoms with Crippen LogP contribution in [-0.2, 0) is 31.9 Å². The van der Waals surface area contributed by atoms with E-state index in [1.54, 1.807) is 18.3 Å². The Balaban J connectivity index is 0.00000578. The van der Waals surface area contributed by atoms with Crippen LogP contribution in [0.25, 0.3) is 72.7 Å². The number of aryl methyl sites for hydroxylation is 2. The van der Waals surface area contributed by atoms with E-state index in [9.17, 15) is 5.11 Å². The molecule has 0 bridgehead atoms. The third-order valence-electron chi connectivity index (χ3n) is 10.4. The van der Waals surface area contributed by atoms with Crippen molar-refractivity contribution in [3.05, 3.63) is 168 Å². The van der Waals surface area contributed by atoms with Crippen LogP contribution in [0.3, 0.4) is 0 Å². The minimum absolute atomic E-state index is 0. The van der Waals surface area contributed by atoms with E-state index >= 15 is 0 Å². The van der Waals surface area contributed by atoms with Gasteiger partial charge in [-0.25, -0.2) is 4.98 Å². The van der Waals surface area contributed by atoms with E-state index in [-0.39, 0.29) is 67.4 Å². The molecule has 0 saturated heterocycles. The van der Waals surface area contributed by atoms with E-state index in [0.29, 0.717) is 28.2 Å². The van der Waals surface area contributed by atoms with E-state index in [1.165, 1.54) is 0 Å². The number of aromatic nitrogens is 3. The molecule has 1 N–H and O–H groups in total. The van der Waals surface area contributed by atoms with Gasteiger partial charge in [-0.3, -0.25) is 9.55 Å². The van der Waals surface area contributed by atoms with Crippen LogP contribution in [0.2, 0.25) is 0 Å². The van der Waals surface area contributed by atoms with Crippen molar-refractivity contribution < 1.29 is 33.0 Å². The maximum atomic E-state index is 11.7. The minimum atomic E-state index is -0.435. The molecular formula is C52H48N3OPt-. The summed E-state index contributed by atoms with van der Waals surface area (Å²) < 4.78 is 44.1. The van der Waals surface area contributed by atoms with Crippen LogP contribution < -0.4 is 0 Å². The van der Waals surface area contributed by atoms with Gasteiger partial charge in [-0.15, -0.1) is 29.3 Å². The Bertz CT molecular complexity index is 3010. The van der Waals surface area contributed by atoms with E-state index in [0.717, 1.165) is 61.2 Å². The largest absolute Gasteiger partial charge is 0.507 e. The van der Waals surface area contributed by atoms with Crippen molar-refractivity contribution in [3.63, 3.8) is 0 Å². The molecule has 0 aliphatic heterocycles. The van der Waals surface area contributed by atoms with Crippen molar-refractivity contribution in [2.24, 2.45) is 0 Å². The molecule has 0 atom stereocenters. The Morgan fingerprint density at radius 2 is 1.35 bits per heavy atom. The average molecular weight is 931 g/mol. The quantitative estimate of drug-likeness (QED) is 0.169. The summed E-state index contributed by atoms with van der Waals surface area (Å²) in [5, 5.41) is 11.7. The van der Waals surface area contributed by atoms with Gasteiger partial charge in [-0.1, -0.05) is 144 Å². The van der Waals surface area contributed by atoms with Crippen molar-refractivity contribution in [3.8, 4) is 67.5 Å². The Labute approximate surface area is 358 Å². The van der Waals surface area contributed by atoms with Crippen LogP contribution in [0.5, 0.6) is 5.75 Å². The Morgan fingerprint density at radius 3 is 2.07 bits per heavy atom. The number of aromatic hydroxyl groups is 1. The number of imidazole rings is 1. The molecular weight excluding hydrogens is 878 g/mol. The number of rotatable bonds is 6. The molecule has 0 radical (unpaired) electrons. The monoisotopic (exact) mass is 930 g/mol. The van der Waals surface area contributed by atoms with Gasteiger partial charge in [0, 0.05) is 38.6 Å². The first-order valence-corrected chi connectivity index (χ1v) is 19.0.